The maximum Gasteiger partial charge on any atom is 0.0768 e. The lowest BCUT2D eigenvalue weighted by Crippen LogP contribution is -1.68. The molecule has 50 valence electrons. The lowest BCUT2D eigenvalue weighted by atomic mass is 10.2. The molecule has 1 heterocycles. The van der Waals surface area contributed by atoms with Crippen LogP contribution in [0.5, 0.6) is 0 Å². The molecule has 0 unspecified atom stereocenters. The van der Waals surface area contributed by atoms with Crippen LogP contribution in [-0.4, -0.2) is 0 Å². The molecule has 2 rings (SSSR count). The van der Waals surface area contributed by atoms with Gasteiger partial charge in [0.15, 0.2) is 0 Å². The molecule has 0 N–H and O–H groups in total. The van der Waals surface area contributed by atoms with Crippen LogP contribution in [0.1, 0.15) is 29.2 Å². The van der Waals surface area contributed by atoms with E-state index in [2.05, 4.69) is 17.4 Å². The fourth-order valence-corrected chi connectivity index (χ4v) is 1.85. The molecule has 1 saturated carbocycles. The number of hydrogen-bond acceptors (Lipinski definition) is 1. The van der Waals surface area contributed by atoms with E-state index >= 15 is 0 Å². The average molecular weight is 148 g/mol. The number of rotatable bonds is 1. The topological polar surface area (TPSA) is 0 Å². The van der Waals surface area contributed by atoms with Crippen molar-refractivity contribution in [3.8, 4) is 12.3 Å². The van der Waals surface area contributed by atoms with Gasteiger partial charge in [-0.3, -0.25) is 0 Å². The van der Waals surface area contributed by atoms with Crippen LogP contribution in [0.4, 0.5) is 0 Å². The minimum absolute atomic E-state index is 0.846. The van der Waals surface area contributed by atoms with Gasteiger partial charge in [0.25, 0.3) is 0 Å². The zero-order chi connectivity index (χ0) is 6.97. The molecule has 0 spiro atoms. The van der Waals surface area contributed by atoms with E-state index in [-0.39, 0.29) is 0 Å². The molecule has 1 fully saturated rings. The van der Waals surface area contributed by atoms with Crippen molar-refractivity contribution in [3.05, 3.63) is 21.9 Å². The highest BCUT2D eigenvalue weighted by atomic mass is 32.1. The summed E-state index contributed by atoms with van der Waals surface area (Å²) in [6, 6.07) is 2.14. The Morgan fingerprint density at radius 1 is 1.60 bits per heavy atom. The minimum atomic E-state index is 0.846. The summed E-state index contributed by atoms with van der Waals surface area (Å²) in [6.07, 6.45) is 7.97. The highest BCUT2D eigenvalue weighted by Crippen LogP contribution is 2.41. The molecule has 0 nitrogen and oxygen atoms in total. The van der Waals surface area contributed by atoms with Crippen LogP contribution < -0.4 is 0 Å². The van der Waals surface area contributed by atoms with Crippen molar-refractivity contribution in [2.24, 2.45) is 0 Å². The summed E-state index contributed by atoms with van der Waals surface area (Å²) < 4.78 is 0. The van der Waals surface area contributed by atoms with Gasteiger partial charge < -0.3 is 0 Å². The predicted octanol–water partition coefficient (Wildman–Crippen LogP) is 2.61. The van der Waals surface area contributed by atoms with Crippen molar-refractivity contribution in [1.29, 1.82) is 0 Å². The van der Waals surface area contributed by atoms with Gasteiger partial charge >= 0.3 is 0 Å². The number of terminal acetylenes is 1. The van der Waals surface area contributed by atoms with Crippen molar-refractivity contribution in [2.45, 2.75) is 18.8 Å². The second-order valence-corrected chi connectivity index (χ2v) is 3.57. The Hall–Kier alpha value is -0.740. The molecule has 1 aromatic heterocycles. The van der Waals surface area contributed by atoms with Gasteiger partial charge in [0.2, 0.25) is 0 Å². The van der Waals surface area contributed by atoms with Crippen LogP contribution in [0.3, 0.4) is 0 Å². The molecule has 0 aromatic carbocycles. The van der Waals surface area contributed by atoms with E-state index in [1.165, 1.54) is 18.4 Å². The van der Waals surface area contributed by atoms with Gasteiger partial charge in [-0.1, -0.05) is 5.92 Å². The van der Waals surface area contributed by atoms with Crippen molar-refractivity contribution in [1.82, 2.24) is 0 Å². The van der Waals surface area contributed by atoms with Gasteiger partial charge in [-0.25, -0.2) is 0 Å². The Bertz CT molecular complexity index is 273. The van der Waals surface area contributed by atoms with E-state index in [0.29, 0.717) is 0 Å². The minimum Gasteiger partial charge on any atom is -0.135 e. The summed E-state index contributed by atoms with van der Waals surface area (Å²) in [5, 5.41) is 2.19. The fraction of sp³-hybridized carbons (Fsp3) is 0.333. The lowest BCUT2D eigenvalue weighted by molar-refractivity contribution is 1.15. The first-order chi connectivity index (χ1) is 4.90. The Balaban J connectivity index is 2.29. The lowest BCUT2D eigenvalue weighted by Gasteiger charge is -1.83. The van der Waals surface area contributed by atoms with Crippen molar-refractivity contribution < 1.29 is 0 Å². The third-order valence-corrected chi connectivity index (χ3v) is 2.69. The summed E-state index contributed by atoms with van der Waals surface area (Å²) in [6.45, 7) is 0. The van der Waals surface area contributed by atoms with Crippen LogP contribution in [0, 0.1) is 12.3 Å². The van der Waals surface area contributed by atoms with E-state index in [0.717, 1.165) is 10.8 Å². The molecule has 0 radical (unpaired) electrons. The SMILES string of the molecule is C#Cc1cc(C2CC2)cs1. The van der Waals surface area contributed by atoms with Gasteiger partial charge in [0.05, 0.1) is 4.88 Å². The second-order valence-electron chi connectivity index (χ2n) is 2.66. The molecule has 1 aliphatic carbocycles. The first-order valence-corrected chi connectivity index (χ1v) is 4.33. The molecule has 0 bridgehead atoms. The molecule has 0 amide bonds. The fourth-order valence-electron chi connectivity index (χ4n) is 1.06. The van der Waals surface area contributed by atoms with Crippen molar-refractivity contribution >= 4 is 11.3 Å². The summed E-state index contributed by atoms with van der Waals surface area (Å²) >= 11 is 1.68. The summed E-state index contributed by atoms with van der Waals surface area (Å²) in [4.78, 5) is 1.07. The zero-order valence-corrected chi connectivity index (χ0v) is 6.45. The molecular weight excluding hydrogens is 140 g/mol. The van der Waals surface area contributed by atoms with E-state index < -0.39 is 0 Å². The Morgan fingerprint density at radius 3 is 2.90 bits per heavy atom. The number of hydrogen-bond donors (Lipinski definition) is 0. The van der Waals surface area contributed by atoms with Crippen LogP contribution >= 0.6 is 11.3 Å². The largest absolute Gasteiger partial charge is 0.135 e. The molecule has 0 saturated heterocycles. The molecule has 0 atom stereocenters. The third-order valence-electron chi connectivity index (χ3n) is 1.81. The van der Waals surface area contributed by atoms with Crippen LogP contribution in [0.2, 0.25) is 0 Å². The summed E-state index contributed by atoms with van der Waals surface area (Å²) in [5.41, 5.74) is 1.46. The zero-order valence-electron chi connectivity index (χ0n) is 5.63. The van der Waals surface area contributed by atoms with Gasteiger partial charge in [0.1, 0.15) is 0 Å². The van der Waals surface area contributed by atoms with Gasteiger partial charge in [-0.2, -0.15) is 0 Å². The van der Waals surface area contributed by atoms with Crippen LogP contribution in [0.25, 0.3) is 0 Å². The Morgan fingerprint density at radius 2 is 2.40 bits per heavy atom. The van der Waals surface area contributed by atoms with Gasteiger partial charge in [0, 0.05) is 0 Å². The molecular formula is C9H8S. The summed E-state index contributed by atoms with van der Waals surface area (Å²) in [7, 11) is 0. The normalized spacial score (nSPS) is 16.7. The molecule has 10 heavy (non-hydrogen) atoms. The highest BCUT2D eigenvalue weighted by Gasteiger charge is 2.23. The maximum atomic E-state index is 5.24. The first-order valence-electron chi connectivity index (χ1n) is 3.45. The van der Waals surface area contributed by atoms with Gasteiger partial charge in [-0.15, -0.1) is 17.8 Å². The first kappa shape index (κ1) is 6.00. The van der Waals surface area contributed by atoms with Crippen molar-refractivity contribution in [3.63, 3.8) is 0 Å². The van der Waals surface area contributed by atoms with Gasteiger partial charge in [-0.05, 0) is 35.8 Å². The van der Waals surface area contributed by atoms with E-state index in [4.69, 9.17) is 6.42 Å². The molecule has 1 aliphatic rings. The number of thiophene rings is 1. The Labute approximate surface area is 64.9 Å². The predicted molar refractivity (Wildman–Crippen MR) is 44.2 cm³/mol. The average Bonchev–Trinajstić information content (AvgIpc) is 2.70. The highest BCUT2D eigenvalue weighted by molar-refractivity contribution is 7.10. The van der Waals surface area contributed by atoms with Crippen molar-refractivity contribution in [2.75, 3.05) is 0 Å². The summed E-state index contributed by atoms with van der Waals surface area (Å²) in [5.74, 6) is 3.49. The Kier molecular flexibility index (Phi) is 1.28. The molecule has 1 heteroatoms. The quantitative estimate of drug-likeness (QED) is 0.537. The second kappa shape index (κ2) is 2.14. The van der Waals surface area contributed by atoms with Crippen LogP contribution in [-0.2, 0) is 0 Å². The standard InChI is InChI=1S/C9H8S/c1-2-9-5-8(6-10-9)7-3-4-7/h1,5-7H,3-4H2. The maximum absolute atomic E-state index is 5.24. The molecule has 0 aliphatic heterocycles. The van der Waals surface area contributed by atoms with E-state index in [9.17, 15) is 0 Å². The smallest absolute Gasteiger partial charge is 0.0768 e. The molecule has 1 aromatic rings. The third kappa shape index (κ3) is 0.955. The van der Waals surface area contributed by atoms with E-state index in [1.54, 1.807) is 11.3 Å². The monoisotopic (exact) mass is 148 g/mol. The van der Waals surface area contributed by atoms with E-state index in [1.807, 2.05) is 0 Å². The van der Waals surface area contributed by atoms with Crippen LogP contribution in [0.15, 0.2) is 11.4 Å².